The van der Waals surface area contributed by atoms with Crippen LogP contribution in [0.15, 0.2) is 68.0 Å². The number of hydrogen-bond acceptors (Lipinski definition) is 7. The molecular formula is C27H24Br3NO6. The number of carbonyl (C=O) groups is 3. The zero-order valence-corrected chi connectivity index (χ0v) is 24.5. The lowest BCUT2D eigenvalue weighted by Gasteiger charge is -2.23. The zero-order valence-electron chi connectivity index (χ0n) is 19.7. The second kappa shape index (κ2) is 15.0. The monoisotopic (exact) mass is 695 g/mol. The van der Waals surface area contributed by atoms with Gasteiger partial charge in [0.05, 0.1) is 16.7 Å². The molecule has 3 rings (SSSR count). The van der Waals surface area contributed by atoms with Crippen molar-refractivity contribution in [1.29, 1.82) is 0 Å². The third kappa shape index (κ3) is 9.07. The first-order valence-electron chi connectivity index (χ1n) is 11.3. The Hall–Kier alpha value is -2.53. The summed E-state index contributed by atoms with van der Waals surface area (Å²) in [5.74, 6) is 1.50. The van der Waals surface area contributed by atoms with Gasteiger partial charge in [0.15, 0.2) is 18.9 Å². The SMILES string of the molecule is O=Cc1cc(Br)ccc1OCCN(CCOc1ccc(Br)cc1C=O)CCOc1ccc(Br)cc1C=O. The third-order valence-corrected chi connectivity index (χ3v) is 6.77. The number of carbonyl (C=O) groups excluding carboxylic acids is 3. The normalized spacial score (nSPS) is 10.7. The highest BCUT2D eigenvalue weighted by atomic mass is 79.9. The van der Waals surface area contributed by atoms with Crippen molar-refractivity contribution in [2.24, 2.45) is 0 Å². The Morgan fingerprint density at radius 3 is 1.11 bits per heavy atom. The molecule has 0 saturated heterocycles. The number of ether oxygens (including phenoxy) is 3. The van der Waals surface area contributed by atoms with Gasteiger partial charge >= 0.3 is 0 Å². The molecule has 3 aromatic rings. The minimum Gasteiger partial charge on any atom is -0.492 e. The molecule has 3 aromatic carbocycles. The van der Waals surface area contributed by atoms with Crippen molar-refractivity contribution in [3.8, 4) is 17.2 Å². The van der Waals surface area contributed by atoms with Crippen LogP contribution in [0.2, 0.25) is 0 Å². The van der Waals surface area contributed by atoms with Crippen molar-refractivity contribution in [3.05, 3.63) is 84.7 Å². The van der Waals surface area contributed by atoms with Crippen LogP contribution in [0.3, 0.4) is 0 Å². The van der Waals surface area contributed by atoms with Gasteiger partial charge in [-0.3, -0.25) is 19.3 Å². The van der Waals surface area contributed by atoms with E-state index in [0.29, 0.717) is 73.4 Å². The molecule has 0 aliphatic heterocycles. The molecule has 0 aromatic heterocycles. The molecule has 0 saturated carbocycles. The van der Waals surface area contributed by atoms with Gasteiger partial charge in [0, 0.05) is 33.1 Å². The van der Waals surface area contributed by atoms with Crippen molar-refractivity contribution in [3.63, 3.8) is 0 Å². The fourth-order valence-corrected chi connectivity index (χ4v) is 4.55. The number of aldehydes is 3. The summed E-state index contributed by atoms with van der Waals surface area (Å²) in [4.78, 5) is 36.2. The average molecular weight is 698 g/mol. The second-order valence-electron chi connectivity index (χ2n) is 7.79. The Balaban J connectivity index is 1.61. The van der Waals surface area contributed by atoms with Crippen molar-refractivity contribution < 1.29 is 28.6 Å². The van der Waals surface area contributed by atoms with Crippen LogP contribution >= 0.6 is 47.8 Å². The zero-order chi connectivity index (χ0) is 26.6. The second-order valence-corrected chi connectivity index (χ2v) is 10.5. The molecule has 0 spiro atoms. The molecule has 0 aliphatic carbocycles. The first-order chi connectivity index (χ1) is 17.9. The molecule has 0 heterocycles. The van der Waals surface area contributed by atoms with E-state index in [0.717, 1.165) is 32.3 Å². The molecule has 7 nitrogen and oxygen atoms in total. The molecule has 194 valence electrons. The summed E-state index contributed by atoms with van der Waals surface area (Å²) in [6, 6.07) is 15.8. The van der Waals surface area contributed by atoms with Crippen molar-refractivity contribution in [1.82, 2.24) is 4.90 Å². The smallest absolute Gasteiger partial charge is 0.153 e. The van der Waals surface area contributed by atoms with Gasteiger partial charge in [0.1, 0.15) is 37.1 Å². The van der Waals surface area contributed by atoms with Gasteiger partial charge in [-0.2, -0.15) is 0 Å². The highest BCUT2D eigenvalue weighted by Crippen LogP contribution is 2.24. The number of hydrogen-bond donors (Lipinski definition) is 0. The standard InChI is InChI=1S/C27H24Br3NO6/c28-22-1-4-25(19(13-22)16-32)35-10-7-31(8-11-36-26-5-2-23(29)14-20(26)17-33)9-12-37-27-6-3-24(30)15-21(27)18-34/h1-6,13-18H,7-12H2. The molecule has 0 unspecified atom stereocenters. The summed E-state index contributed by atoms with van der Waals surface area (Å²) in [6.45, 7) is 2.59. The molecule has 0 bridgehead atoms. The summed E-state index contributed by atoms with van der Waals surface area (Å²) < 4.78 is 20.0. The first-order valence-corrected chi connectivity index (χ1v) is 13.7. The maximum Gasteiger partial charge on any atom is 0.153 e. The van der Waals surface area contributed by atoms with Crippen LogP contribution in [0.25, 0.3) is 0 Å². The predicted molar refractivity (Wildman–Crippen MR) is 152 cm³/mol. The lowest BCUT2D eigenvalue weighted by molar-refractivity contribution is 0.111. The number of nitrogens with zero attached hydrogens (tertiary/aromatic N) is 1. The van der Waals surface area contributed by atoms with E-state index < -0.39 is 0 Å². The van der Waals surface area contributed by atoms with E-state index in [1.54, 1.807) is 36.4 Å². The minimum atomic E-state index is 0.332. The lowest BCUT2D eigenvalue weighted by Crippen LogP contribution is -2.35. The van der Waals surface area contributed by atoms with E-state index in [-0.39, 0.29) is 0 Å². The molecule has 0 fully saturated rings. The van der Waals surface area contributed by atoms with Crippen molar-refractivity contribution >= 4 is 66.6 Å². The van der Waals surface area contributed by atoms with Gasteiger partial charge in [-0.05, 0) is 54.6 Å². The highest BCUT2D eigenvalue weighted by molar-refractivity contribution is 9.11. The highest BCUT2D eigenvalue weighted by Gasteiger charge is 2.11. The summed E-state index contributed by atoms with van der Waals surface area (Å²) in [5, 5.41) is 0. The number of benzene rings is 3. The Morgan fingerprint density at radius 1 is 0.541 bits per heavy atom. The maximum absolute atomic E-state index is 11.4. The molecule has 0 radical (unpaired) electrons. The summed E-state index contributed by atoms with van der Waals surface area (Å²) in [7, 11) is 0. The van der Waals surface area contributed by atoms with E-state index >= 15 is 0 Å². The molecule has 10 heteroatoms. The third-order valence-electron chi connectivity index (χ3n) is 5.29. The molecule has 37 heavy (non-hydrogen) atoms. The van der Waals surface area contributed by atoms with Crippen LogP contribution in [0.5, 0.6) is 17.2 Å². The maximum atomic E-state index is 11.4. The van der Waals surface area contributed by atoms with Gasteiger partial charge in [0.2, 0.25) is 0 Å². The van der Waals surface area contributed by atoms with Crippen LogP contribution < -0.4 is 14.2 Å². The Morgan fingerprint density at radius 2 is 0.838 bits per heavy atom. The largest absolute Gasteiger partial charge is 0.492 e. The Bertz CT molecular complexity index is 1090. The average Bonchev–Trinajstić information content (AvgIpc) is 2.90. The molecule has 0 atom stereocenters. The number of rotatable bonds is 15. The predicted octanol–water partition coefficient (Wildman–Crippen LogP) is 6.25. The van der Waals surface area contributed by atoms with Crippen LogP contribution in [-0.4, -0.2) is 63.2 Å². The summed E-state index contributed by atoms with van der Waals surface area (Å²) in [6.07, 6.45) is 2.27. The van der Waals surface area contributed by atoms with Crippen molar-refractivity contribution in [2.45, 2.75) is 0 Å². The van der Waals surface area contributed by atoms with Gasteiger partial charge in [-0.25, -0.2) is 0 Å². The van der Waals surface area contributed by atoms with Gasteiger partial charge in [-0.15, -0.1) is 0 Å². The van der Waals surface area contributed by atoms with Crippen LogP contribution in [-0.2, 0) is 0 Å². The molecular weight excluding hydrogens is 674 g/mol. The lowest BCUT2D eigenvalue weighted by atomic mass is 10.2. The topological polar surface area (TPSA) is 82.1 Å². The van der Waals surface area contributed by atoms with E-state index in [1.807, 2.05) is 18.2 Å². The Labute approximate surface area is 240 Å². The first kappa shape index (κ1) is 29.0. The van der Waals surface area contributed by atoms with Gasteiger partial charge in [0.25, 0.3) is 0 Å². The van der Waals surface area contributed by atoms with E-state index in [1.165, 1.54) is 0 Å². The van der Waals surface area contributed by atoms with Crippen LogP contribution in [0.4, 0.5) is 0 Å². The van der Waals surface area contributed by atoms with Gasteiger partial charge < -0.3 is 14.2 Å². The number of halogens is 3. The van der Waals surface area contributed by atoms with Crippen LogP contribution in [0.1, 0.15) is 31.1 Å². The minimum absolute atomic E-state index is 0.332. The van der Waals surface area contributed by atoms with E-state index in [2.05, 4.69) is 52.7 Å². The van der Waals surface area contributed by atoms with E-state index in [4.69, 9.17) is 14.2 Å². The Kier molecular flexibility index (Phi) is 11.8. The summed E-state index contributed by atoms with van der Waals surface area (Å²) in [5.41, 5.74) is 1.38. The fourth-order valence-electron chi connectivity index (χ4n) is 3.42. The summed E-state index contributed by atoms with van der Waals surface area (Å²) >= 11 is 10.1. The van der Waals surface area contributed by atoms with Gasteiger partial charge in [-0.1, -0.05) is 47.8 Å². The molecule has 0 aliphatic rings. The fraction of sp³-hybridized carbons (Fsp3) is 0.222. The molecule has 0 amide bonds. The quantitative estimate of drug-likeness (QED) is 0.174. The van der Waals surface area contributed by atoms with Crippen LogP contribution in [0, 0.1) is 0 Å². The van der Waals surface area contributed by atoms with E-state index in [9.17, 15) is 14.4 Å². The van der Waals surface area contributed by atoms with Crippen molar-refractivity contribution in [2.75, 3.05) is 39.5 Å². The molecule has 0 N–H and O–H groups in total.